The first kappa shape index (κ1) is 21.5. The van der Waals surface area contributed by atoms with Gasteiger partial charge in [-0.05, 0) is 48.2 Å². The van der Waals surface area contributed by atoms with Crippen LogP contribution >= 0.6 is 0 Å². The normalized spacial score (nSPS) is 19.5. The maximum absolute atomic E-state index is 13.3. The Kier molecular flexibility index (Phi) is 6.11. The highest BCUT2D eigenvalue weighted by Crippen LogP contribution is 2.26. The lowest BCUT2D eigenvalue weighted by Gasteiger charge is -2.36. The number of carbonyl (C=O) groups excluding carboxylic acids is 2. The lowest BCUT2D eigenvalue weighted by molar-refractivity contribution is -0.125. The molecule has 0 saturated carbocycles. The number of sulfonamides is 1. The highest BCUT2D eigenvalue weighted by molar-refractivity contribution is 7.89. The first-order valence-corrected chi connectivity index (χ1v) is 12.1. The number of nitrogens with one attached hydrogen (secondary N) is 1. The Morgan fingerprint density at radius 2 is 1.58 bits per heavy atom. The van der Waals surface area contributed by atoms with Gasteiger partial charge >= 0.3 is 0 Å². The van der Waals surface area contributed by atoms with Crippen LogP contribution in [0.25, 0.3) is 0 Å². The average molecular weight is 442 g/mol. The highest BCUT2D eigenvalue weighted by Gasteiger charge is 2.35. The van der Waals surface area contributed by atoms with Crippen molar-refractivity contribution in [2.45, 2.75) is 43.2 Å². The highest BCUT2D eigenvalue weighted by atomic mass is 32.2. The number of carbonyl (C=O) groups is 2. The van der Waals surface area contributed by atoms with E-state index in [1.54, 1.807) is 24.1 Å². The summed E-state index contributed by atoms with van der Waals surface area (Å²) in [5.74, 6) is -0.503. The fourth-order valence-electron chi connectivity index (χ4n) is 4.33. The third kappa shape index (κ3) is 4.22. The van der Waals surface area contributed by atoms with E-state index < -0.39 is 16.1 Å². The molecule has 1 saturated heterocycles. The Morgan fingerprint density at radius 1 is 0.935 bits per heavy atom. The van der Waals surface area contributed by atoms with E-state index in [0.717, 1.165) is 30.4 Å². The Hall–Kier alpha value is -2.71. The number of amides is 2. The lowest BCUT2D eigenvalue weighted by atomic mass is 9.93. The van der Waals surface area contributed by atoms with Crippen molar-refractivity contribution in [2.24, 2.45) is 0 Å². The van der Waals surface area contributed by atoms with E-state index >= 15 is 0 Å². The van der Waals surface area contributed by atoms with Gasteiger partial charge in [0.15, 0.2) is 0 Å². The van der Waals surface area contributed by atoms with Crippen LogP contribution in [0.4, 0.5) is 0 Å². The zero-order chi connectivity index (χ0) is 22.0. The quantitative estimate of drug-likeness (QED) is 0.788. The molecular formula is C23H27N3O4S. The zero-order valence-corrected chi connectivity index (χ0v) is 18.4. The molecule has 2 heterocycles. The standard InChI is InChI=1S/C23H27N3O4S/c1-24-22(27)21-15-18-7-3-4-8-19(18)16-26(21)23(28)17-9-11-20(12-10-17)31(29,30)25-13-5-2-6-14-25/h3-4,7-12,21H,2,5-6,13-16H2,1H3,(H,24,27)/t21-/m1/s1. The first-order valence-electron chi connectivity index (χ1n) is 10.6. The molecule has 0 spiro atoms. The second-order valence-electron chi connectivity index (χ2n) is 8.03. The molecule has 8 heteroatoms. The van der Waals surface area contributed by atoms with E-state index in [0.29, 0.717) is 31.6 Å². The van der Waals surface area contributed by atoms with E-state index in [2.05, 4.69) is 5.32 Å². The molecule has 0 aliphatic carbocycles. The van der Waals surface area contributed by atoms with Gasteiger partial charge < -0.3 is 10.2 Å². The number of likely N-dealkylation sites (N-methyl/N-ethyl adjacent to an activating group) is 1. The van der Waals surface area contributed by atoms with Crippen LogP contribution < -0.4 is 5.32 Å². The number of hydrogen-bond donors (Lipinski definition) is 1. The largest absolute Gasteiger partial charge is 0.357 e. The molecule has 0 radical (unpaired) electrons. The summed E-state index contributed by atoms with van der Waals surface area (Å²) in [6.45, 7) is 1.40. The van der Waals surface area contributed by atoms with Crippen LogP contribution in [-0.4, -0.2) is 55.6 Å². The van der Waals surface area contributed by atoms with Crippen LogP contribution in [0.15, 0.2) is 53.4 Å². The average Bonchev–Trinajstić information content (AvgIpc) is 2.83. The van der Waals surface area contributed by atoms with Gasteiger partial charge in [-0.3, -0.25) is 9.59 Å². The monoisotopic (exact) mass is 441 g/mol. The molecule has 31 heavy (non-hydrogen) atoms. The topological polar surface area (TPSA) is 86.8 Å². The molecule has 4 rings (SSSR count). The van der Waals surface area contributed by atoms with Gasteiger partial charge in [0.25, 0.3) is 5.91 Å². The second-order valence-corrected chi connectivity index (χ2v) is 9.96. The first-order chi connectivity index (χ1) is 14.9. The number of hydrogen-bond acceptors (Lipinski definition) is 4. The molecule has 164 valence electrons. The number of fused-ring (bicyclic) bond motifs is 1. The predicted octanol–water partition coefficient (Wildman–Crippen LogP) is 2.17. The van der Waals surface area contributed by atoms with E-state index in [1.807, 2.05) is 24.3 Å². The summed E-state index contributed by atoms with van der Waals surface area (Å²) in [4.78, 5) is 27.5. The van der Waals surface area contributed by atoms with Crippen LogP contribution in [0.5, 0.6) is 0 Å². The van der Waals surface area contributed by atoms with Crippen molar-refractivity contribution in [1.82, 2.24) is 14.5 Å². The molecule has 1 atom stereocenters. The molecule has 2 aromatic rings. The maximum Gasteiger partial charge on any atom is 0.254 e. The van der Waals surface area contributed by atoms with E-state index in [9.17, 15) is 18.0 Å². The summed E-state index contributed by atoms with van der Waals surface area (Å²) in [5.41, 5.74) is 2.44. The Balaban J connectivity index is 1.59. The molecule has 1 fully saturated rings. The Labute approximate surface area is 183 Å². The summed E-state index contributed by atoms with van der Waals surface area (Å²) in [6.07, 6.45) is 3.23. The van der Waals surface area contributed by atoms with Gasteiger partial charge in [-0.25, -0.2) is 8.42 Å². The van der Waals surface area contributed by atoms with Crippen LogP contribution in [0.2, 0.25) is 0 Å². The third-order valence-electron chi connectivity index (χ3n) is 6.11. The van der Waals surface area contributed by atoms with E-state index in [4.69, 9.17) is 0 Å². The molecule has 7 nitrogen and oxygen atoms in total. The Bertz CT molecular complexity index is 1080. The van der Waals surface area contributed by atoms with Crippen molar-refractivity contribution >= 4 is 21.8 Å². The molecule has 1 N–H and O–H groups in total. The summed E-state index contributed by atoms with van der Waals surface area (Å²) in [7, 11) is -1.99. The molecule has 0 bridgehead atoms. The van der Waals surface area contributed by atoms with Crippen LogP contribution in [-0.2, 0) is 27.8 Å². The third-order valence-corrected chi connectivity index (χ3v) is 8.03. The molecule has 2 amide bonds. The predicted molar refractivity (Wildman–Crippen MR) is 117 cm³/mol. The molecule has 0 aromatic heterocycles. The lowest BCUT2D eigenvalue weighted by Crippen LogP contribution is -2.51. The summed E-state index contributed by atoms with van der Waals surface area (Å²) >= 11 is 0. The molecule has 2 aliphatic heterocycles. The van der Waals surface area contributed by atoms with Crippen LogP contribution in [0, 0.1) is 0 Å². The number of piperidine rings is 1. The minimum absolute atomic E-state index is 0.192. The summed E-state index contributed by atoms with van der Waals surface area (Å²) < 4.78 is 27.2. The van der Waals surface area contributed by atoms with Gasteiger partial charge in [-0.1, -0.05) is 30.7 Å². The van der Waals surface area contributed by atoms with Crippen molar-refractivity contribution in [3.05, 3.63) is 65.2 Å². The van der Waals surface area contributed by atoms with Gasteiger partial charge in [0.1, 0.15) is 6.04 Å². The van der Waals surface area contributed by atoms with Crippen LogP contribution in [0.3, 0.4) is 0 Å². The van der Waals surface area contributed by atoms with Gasteiger partial charge in [-0.2, -0.15) is 4.31 Å². The van der Waals surface area contributed by atoms with Gasteiger partial charge in [-0.15, -0.1) is 0 Å². The molecule has 0 unspecified atom stereocenters. The van der Waals surface area contributed by atoms with Crippen molar-refractivity contribution in [3.63, 3.8) is 0 Å². The van der Waals surface area contributed by atoms with Gasteiger partial charge in [0, 0.05) is 38.7 Å². The van der Waals surface area contributed by atoms with E-state index in [1.165, 1.54) is 16.4 Å². The summed E-state index contributed by atoms with van der Waals surface area (Å²) in [5, 5.41) is 2.65. The fraction of sp³-hybridized carbons (Fsp3) is 0.391. The minimum Gasteiger partial charge on any atom is -0.357 e. The molecule has 2 aromatic carbocycles. The van der Waals surface area contributed by atoms with Crippen molar-refractivity contribution in [3.8, 4) is 0 Å². The van der Waals surface area contributed by atoms with E-state index in [-0.39, 0.29) is 16.7 Å². The zero-order valence-electron chi connectivity index (χ0n) is 17.6. The fourth-order valence-corrected chi connectivity index (χ4v) is 5.84. The Morgan fingerprint density at radius 3 is 2.23 bits per heavy atom. The van der Waals surface area contributed by atoms with Gasteiger partial charge in [0.2, 0.25) is 15.9 Å². The number of rotatable bonds is 4. The second kappa shape index (κ2) is 8.80. The van der Waals surface area contributed by atoms with Crippen molar-refractivity contribution in [1.29, 1.82) is 0 Å². The summed E-state index contributed by atoms with van der Waals surface area (Å²) in [6, 6.07) is 13.2. The van der Waals surface area contributed by atoms with Crippen molar-refractivity contribution in [2.75, 3.05) is 20.1 Å². The number of benzene rings is 2. The number of nitrogens with zero attached hydrogens (tertiary/aromatic N) is 2. The smallest absolute Gasteiger partial charge is 0.254 e. The minimum atomic E-state index is -3.55. The van der Waals surface area contributed by atoms with Gasteiger partial charge in [0.05, 0.1) is 4.90 Å². The SMILES string of the molecule is CNC(=O)[C@H]1Cc2ccccc2CN1C(=O)c1ccc(S(=O)(=O)N2CCCCC2)cc1. The molecule has 2 aliphatic rings. The maximum atomic E-state index is 13.3. The van der Waals surface area contributed by atoms with Crippen LogP contribution in [0.1, 0.15) is 40.7 Å². The van der Waals surface area contributed by atoms with Crippen molar-refractivity contribution < 1.29 is 18.0 Å². The molecular weight excluding hydrogens is 414 g/mol.